The predicted octanol–water partition coefficient (Wildman–Crippen LogP) is 2.67. The molecule has 1 aliphatic heterocycles. The molecule has 1 amide bonds. The molecule has 4 heteroatoms. The van der Waals surface area contributed by atoms with Crippen LogP contribution >= 0.6 is 0 Å². The summed E-state index contributed by atoms with van der Waals surface area (Å²) in [6.07, 6.45) is 3.37. The summed E-state index contributed by atoms with van der Waals surface area (Å²) in [5.74, 6) is 0.0785. The highest BCUT2D eigenvalue weighted by Gasteiger charge is 2.18. The maximum Gasteiger partial charge on any atom is 0.253 e. The fourth-order valence-corrected chi connectivity index (χ4v) is 2.72. The second-order valence-electron chi connectivity index (χ2n) is 5.36. The minimum Gasteiger partial charge on any atom is -0.339 e. The number of carbonyl (C=O) groups excluding carboxylic acids is 1. The zero-order chi connectivity index (χ0) is 14.7. The van der Waals surface area contributed by atoms with Crippen molar-refractivity contribution in [1.82, 2.24) is 9.88 Å². The number of amides is 1. The summed E-state index contributed by atoms with van der Waals surface area (Å²) in [4.78, 5) is 28.6. The summed E-state index contributed by atoms with van der Waals surface area (Å²) in [7, 11) is 0. The smallest absolute Gasteiger partial charge is 0.253 e. The third-order valence-corrected chi connectivity index (χ3v) is 3.83. The van der Waals surface area contributed by atoms with Crippen LogP contribution in [0, 0.1) is 0 Å². The Morgan fingerprint density at radius 2 is 1.76 bits per heavy atom. The molecule has 0 saturated carbocycles. The zero-order valence-electron chi connectivity index (χ0n) is 11.8. The van der Waals surface area contributed by atoms with Crippen LogP contribution in [0.4, 0.5) is 0 Å². The quantitative estimate of drug-likeness (QED) is 0.920. The molecule has 0 atom stereocenters. The number of aromatic amines is 1. The first kappa shape index (κ1) is 13.6. The molecule has 1 aliphatic rings. The van der Waals surface area contributed by atoms with Gasteiger partial charge in [-0.25, -0.2) is 0 Å². The Bertz CT molecular complexity index is 700. The molecule has 0 spiro atoms. The van der Waals surface area contributed by atoms with Gasteiger partial charge in [0.2, 0.25) is 5.56 Å². The number of nitrogens with zero attached hydrogens (tertiary/aromatic N) is 1. The van der Waals surface area contributed by atoms with Gasteiger partial charge in [-0.15, -0.1) is 0 Å². The molecule has 2 heterocycles. The van der Waals surface area contributed by atoms with Crippen LogP contribution in [0.25, 0.3) is 11.3 Å². The van der Waals surface area contributed by atoms with Crippen molar-refractivity contribution in [3.63, 3.8) is 0 Å². The number of likely N-dealkylation sites (tertiary alicyclic amines) is 1. The van der Waals surface area contributed by atoms with Gasteiger partial charge in [0.25, 0.3) is 5.91 Å². The highest BCUT2D eigenvalue weighted by Crippen LogP contribution is 2.19. The van der Waals surface area contributed by atoms with Gasteiger partial charge in [-0.05, 0) is 43.0 Å². The Morgan fingerprint density at radius 3 is 2.52 bits per heavy atom. The fraction of sp³-hybridized carbons (Fsp3) is 0.294. The molecule has 1 aromatic heterocycles. The monoisotopic (exact) mass is 282 g/mol. The van der Waals surface area contributed by atoms with Gasteiger partial charge in [-0.3, -0.25) is 9.59 Å². The average molecular weight is 282 g/mol. The number of benzene rings is 1. The van der Waals surface area contributed by atoms with E-state index in [1.54, 1.807) is 6.07 Å². The van der Waals surface area contributed by atoms with Crippen LogP contribution in [0.3, 0.4) is 0 Å². The Hall–Kier alpha value is -2.36. The number of hydrogen-bond acceptors (Lipinski definition) is 2. The number of hydrogen-bond donors (Lipinski definition) is 1. The standard InChI is InChI=1S/C17H18N2O2/c20-16-9-5-8-15(18-16)13-6-4-7-14(12-13)17(21)19-10-2-1-3-11-19/h4-9,12H,1-3,10-11H2,(H,18,20). The van der Waals surface area contributed by atoms with E-state index in [9.17, 15) is 9.59 Å². The van der Waals surface area contributed by atoms with Crippen molar-refractivity contribution in [3.8, 4) is 11.3 Å². The second kappa shape index (κ2) is 5.95. The molecular formula is C17H18N2O2. The van der Waals surface area contributed by atoms with Gasteiger partial charge in [-0.1, -0.05) is 18.2 Å². The van der Waals surface area contributed by atoms with E-state index < -0.39 is 0 Å². The van der Waals surface area contributed by atoms with E-state index in [0.717, 1.165) is 37.2 Å². The van der Waals surface area contributed by atoms with Gasteiger partial charge in [0, 0.05) is 30.4 Å². The normalized spacial score (nSPS) is 15.0. The van der Waals surface area contributed by atoms with Gasteiger partial charge in [-0.2, -0.15) is 0 Å². The SMILES string of the molecule is O=C(c1cccc(-c2cccc(=O)[nH]2)c1)N1CCCCC1. The summed E-state index contributed by atoms with van der Waals surface area (Å²) in [6.45, 7) is 1.68. The van der Waals surface area contributed by atoms with E-state index in [1.807, 2.05) is 35.2 Å². The van der Waals surface area contributed by atoms with Crippen LogP contribution in [0.15, 0.2) is 47.3 Å². The lowest BCUT2D eigenvalue weighted by Gasteiger charge is -2.26. The summed E-state index contributed by atoms with van der Waals surface area (Å²) in [5.41, 5.74) is 2.13. The molecule has 3 rings (SSSR count). The maximum atomic E-state index is 12.5. The Kier molecular flexibility index (Phi) is 3.86. The molecule has 0 aliphatic carbocycles. The van der Waals surface area contributed by atoms with Crippen molar-refractivity contribution in [2.24, 2.45) is 0 Å². The molecular weight excluding hydrogens is 264 g/mol. The van der Waals surface area contributed by atoms with Crippen molar-refractivity contribution < 1.29 is 4.79 Å². The number of carbonyl (C=O) groups is 1. The molecule has 21 heavy (non-hydrogen) atoms. The Labute approximate surface area is 123 Å². The molecule has 1 fully saturated rings. The topological polar surface area (TPSA) is 53.2 Å². The minimum absolute atomic E-state index is 0.0785. The molecule has 4 nitrogen and oxygen atoms in total. The summed E-state index contributed by atoms with van der Waals surface area (Å²) < 4.78 is 0. The van der Waals surface area contributed by atoms with Crippen LogP contribution in [0.2, 0.25) is 0 Å². The van der Waals surface area contributed by atoms with E-state index in [-0.39, 0.29) is 11.5 Å². The highest BCUT2D eigenvalue weighted by molar-refractivity contribution is 5.95. The van der Waals surface area contributed by atoms with Crippen molar-refractivity contribution in [1.29, 1.82) is 0 Å². The van der Waals surface area contributed by atoms with Crippen LogP contribution in [0.5, 0.6) is 0 Å². The van der Waals surface area contributed by atoms with Crippen LogP contribution in [-0.4, -0.2) is 28.9 Å². The van der Waals surface area contributed by atoms with E-state index in [1.165, 1.54) is 12.5 Å². The highest BCUT2D eigenvalue weighted by atomic mass is 16.2. The van der Waals surface area contributed by atoms with E-state index in [2.05, 4.69) is 4.98 Å². The third kappa shape index (κ3) is 3.05. The van der Waals surface area contributed by atoms with Crippen LogP contribution in [-0.2, 0) is 0 Å². The van der Waals surface area contributed by atoms with Crippen molar-refractivity contribution in [2.45, 2.75) is 19.3 Å². The van der Waals surface area contributed by atoms with E-state index in [0.29, 0.717) is 5.56 Å². The predicted molar refractivity (Wildman–Crippen MR) is 82.3 cm³/mol. The summed E-state index contributed by atoms with van der Waals surface area (Å²) >= 11 is 0. The lowest BCUT2D eigenvalue weighted by Crippen LogP contribution is -2.35. The first-order valence-electron chi connectivity index (χ1n) is 7.33. The average Bonchev–Trinajstić information content (AvgIpc) is 2.55. The molecule has 0 bridgehead atoms. The van der Waals surface area contributed by atoms with Gasteiger partial charge < -0.3 is 9.88 Å². The van der Waals surface area contributed by atoms with Gasteiger partial charge in [0.1, 0.15) is 0 Å². The van der Waals surface area contributed by atoms with Crippen molar-refractivity contribution in [3.05, 3.63) is 58.4 Å². The van der Waals surface area contributed by atoms with Gasteiger partial charge in [0.05, 0.1) is 0 Å². The second-order valence-corrected chi connectivity index (χ2v) is 5.36. The number of H-pyrrole nitrogens is 1. The lowest BCUT2D eigenvalue weighted by atomic mass is 10.0. The van der Waals surface area contributed by atoms with E-state index >= 15 is 0 Å². The number of aromatic nitrogens is 1. The lowest BCUT2D eigenvalue weighted by molar-refractivity contribution is 0.0724. The first-order chi connectivity index (χ1) is 10.2. The molecule has 1 saturated heterocycles. The summed E-state index contributed by atoms with van der Waals surface area (Å²) in [5, 5.41) is 0. The maximum absolute atomic E-state index is 12.5. The fourth-order valence-electron chi connectivity index (χ4n) is 2.72. The van der Waals surface area contributed by atoms with Crippen molar-refractivity contribution in [2.75, 3.05) is 13.1 Å². The van der Waals surface area contributed by atoms with Crippen LogP contribution in [0.1, 0.15) is 29.6 Å². The number of rotatable bonds is 2. The minimum atomic E-state index is -0.139. The largest absolute Gasteiger partial charge is 0.339 e. The van der Waals surface area contributed by atoms with Gasteiger partial charge in [0.15, 0.2) is 0 Å². The Morgan fingerprint density at radius 1 is 1.00 bits per heavy atom. The van der Waals surface area contributed by atoms with E-state index in [4.69, 9.17) is 0 Å². The Balaban J connectivity index is 1.89. The molecule has 0 radical (unpaired) electrons. The molecule has 108 valence electrons. The number of piperidine rings is 1. The molecule has 1 N–H and O–H groups in total. The zero-order valence-corrected chi connectivity index (χ0v) is 11.8. The third-order valence-electron chi connectivity index (χ3n) is 3.83. The molecule has 2 aromatic rings. The van der Waals surface area contributed by atoms with Gasteiger partial charge >= 0.3 is 0 Å². The number of pyridine rings is 1. The first-order valence-corrected chi connectivity index (χ1v) is 7.33. The summed E-state index contributed by atoms with van der Waals surface area (Å²) in [6, 6.07) is 12.5. The molecule has 1 aromatic carbocycles. The number of nitrogens with one attached hydrogen (secondary N) is 1. The molecule has 0 unspecified atom stereocenters. The van der Waals surface area contributed by atoms with Crippen molar-refractivity contribution >= 4 is 5.91 Å². The van der Waals surface area contributed by atoms with Crippen LogP contribution < -0.4 is 5.56 Å².